The Kier molecular flexibility index (Phi) is 3.83. The lowest BCUT2D eigenvalue weighted by molar-refractivity contribution is -0.154. The highest BCUT2D eigenvalue weighted by atomic mass is 16.5. The van der Waals surface area contributed by atoms with Crippen molar-refractivity contribution >= 4 is 17.1 Å². The molecule has 0 aliphatic carbocycles. The van der Waals surface area contributed by atoms with E-state index in [0.29, 0.717) is 18.8 Å². The summed E-state index contributed by atoms with van der Waals surface area (Å²) in [6, 6.07) is 3.82. The predicted molar refractivity (Wildman–Crippen MR) is 72.6 cm³/mol. The van der Waals surface area contributed by atoms with Crippen LogP contribution in [0.4, 0.5) is 0 Å². The van der Waals surface area contributed by atoms with Crippen LogP contribution in [0.5, 0.6) is 0 Å². The van der Waals surface area contributed by atoms with E-state index in [1.165, 1.54) is 0 Å². The molecule has 2 aromatic rings. The quantitative estimate of drug-likeness (QED) is 0.775. The van der Waals surface area contributed by atoms with Crippen LogP contribution in [0.1, 0.15) is 27.2 Å². The van der Waals surface area contributed by atoms with E-state index >= 15 is 0 Å². The maximum Gasteiger partial charge on any atom is 0.311 e. The average molecular weight is 261 g/mol. The smallest absolute Gasteiger partial charge is 0.311 e. The number of aromatic nitrogens is 3. The summed E-state index contributed by atoms with van der Waals surface area (Å²) in [5, 5.41) is 0. The summed E-state index contributed by atoms with van der Waals surface area (Å²) in [7, 11) is 0. The molecular weight excluding hydrogens is 242 g/mol. The zero-order chi connectivity index (χ0) is 13.9. The summed E-state index contributed by atoms with van der Waals surface area (Å²) in [5.41, 5.74) is 1.24. The van der Waals surface area contributed by atoms with Crippen molar-refractivity contribution < 1.29 is 9.53 Å². The number of fused-ring (bicyclic) bond motifs is 1. The van der Waals surface area contributed by atoms with E-state index in [-0.39, 0.29) is 5.97 Å². The number of nitrogens with zero attached hydrogens (tertiary/aromatic N) is 3. The van der Waals surface area contributed by atoms with Gasteiger partial charge in [0.1, 0.15) is 6.61 Å². The van der Waals surface area contributed by atoms with Crippen molar-refractivity contribution in [3.63, 3.8) is 0 Å². The molecule has 0 saturated heterocycles. The monoisotopic (exact) mass is 261 g/mol. The molecule has 2 rings (SSSR count). The van der Waals surface area contributed by atoms with Crippen LogP contribution in [0.25, 0.3) is 11.2 Å². The summed E-state index contributed by atoms with van der Waals surface area (Å²) in [6.45, 7) is 6.71. The Morgan fingerprint density at radius 2 is 2.21 bits per heavy atom. The number of rotatable bonds is 5. The van der Waals surface area contributed by atoms with Gasteiger partial charge in [-0.1, -0.05) is 6.92 Å². The summed E-state index contributed by atoms with van der Waals surface area (Å²) >= 11 is 0. The molecule has 2 aromatic heterocycles. The summed E-state index contributed by atoms with van der Waals surface area (Å²) in [6.07, 6.45) is 4.20. The number of carbonyl (C=O) groups is 1. The molecule has 0 aliphatic heterocycles. The third kappa shape index (κ3) is 2.92. The zero-order valence-corrected chi connectivity index (χ0v) is 11.6. The van der Waals surface area contributed by atoms with E-state index in [2.05, 4.69) is 9.97 Å². The first-order valence-corrected chi connectivity index (χ1v) is 6.47. The molecule has 19 heavy (non-hydrogen) atoms. The van der Waals surface area contributed by atoms with Crippen LogP contribution >= 0.6 is 0 Å². The molecule has 0 atom stereocenters. The highest BCUT2D eigenvalue weighted by Gasteiger charge is 2.26. The number of ether oxygens (including phenoxy) is 1. The number of hydrogen-bond donors (Lipinski definition) is 0. The second-order valence-corrected chi connectivity index (χ2v) is 5.16. The fourth-order valence-corrected chi connectivity index (χ4v) is 1.65. The first kappa shape index (κ1) is 13.5. The second kappa shape index (κ2) is 5.38. The Labute approximate surface area is 112 Å². The van der Waals surface area contributed by atoms with Crippen LogP contribution in [0.15, 0.2) is 24.7 Å². The van der Waals surface area contributed by atoms with E-state index in [4.69, 9.17) is 4.74 Å². The molecular formula is C14H19N3O2. The minimum Gasteiger partial charge on any atom is -0.463 e. The topological polar surface area (TPSA) is 57.0 Å². The summed E-state index contributed by atoms with van der Waals surface area (Å²) in [4.78, 5) is 20.2. The molecule has 0 aromatic carbocycles. The van der Waals surface area contributed by atoms with E-state index in [9.17, 15) is 4.79 Å². The lowest BCUT2D eigenvalue weighted by atomic mass is 9.91. The maximum atomic E-state index is 11.8. The lowest BCUT2D eigenvalue weighted by Crippen LogP contribution is -2.26. The van der Waals surface area contributed by atoms with Crippen LogP contribution in [0, 0.1) is 5.41 Å². The fourth-order valence-electron chi connectivity index (χ4n) is 1.65. The Bertz CT molecular complexity index is 575. The van der Waals surface area contributed by atoms with Gasteiger partial charge in [-0.2, -0.15) is 0 Å². The highest BCUT2D eigenvalue weighted by molar-refractivity contribution is 5.75. The van der Waals surface area contributed by atoms with Crippen molar-refractivity contribution in [1.82, 2.24) is 14.5 Å². The van der Waals surface area contributed by atoms with Crippen molar-refractivity contribution in [3.05, 3.63) is 24.7 Å². The number of imidazole rings is 1. The molecule has 0 saturated carbocycles. The molecule has 0 N–H and O–H groups in total. The first-order valence-electron chi connectivity index (χ1n) is 6.47. The van der Waals surface area contributed by atoms with Gasteiger partial charge in [-0.3, -0.25) is 4.79 Å². The molecule has 0 bridgehead atoms. The molecule has 0 amide bonds. The van der Waals surface area contributed by atoms with E-state index < -0.39 is 5.41 Å². The Morgan fingerprint density at radius 1 is 1.42 bits per heavy atom. The van der Waals surface area contributed by atoms with Gasteiger partial charge in [-0.15, -0.1) is 0 Å². The van der Waals surface area contributed by atoms with Crippen molar-refractivity contribution in [2.75, 3.05) is 6.61 Å². The van der Waals surface area contributed by atoms with Crippen LogP contribution < -0.4 is 0 Å². The molecule has 102 valence electrons. The van der Waals surface area contributed by atoms with Crippen molar-refractivity contribution in [1.29, 1.82) is 0 Å². The summed E-state index contributed by atoms with van der Waals surface area (Å²) in [5.74, 6) is -0.155. The van der Waals surface area contributed by atoms with Crippen LogP contribution in [0.3, 0.4) is 0 Å². The standard InChI is InChI=1S/C14H19N3O2/c1-4-14(2,3)13(18)19-9-8-17-10-16-12-11(17)6-5-7-15-12/h5-7,10H,4,8-9H2,1-3H3. The Balaban J connectivity index is 1.95. The molecule has 5 nitrogen and oxygen atoms in total. The molecule has 0 spiro atoms. The van der Waals surface area contributed by atoms with Crippen LogP contribution in [0.2, 0.25) is 0 Å². The molecule has 0 aliphatic rings. The third-order valence-electron chi connectivity index (χ3n) is 3.40. The van der Waals surface area contributed by atoms with Gasteiger partial charge in [-0.25, -0.2) is 9.97 Å². The lowest BCUT2D eigenvalue weighted by Gasteiger charge is -2.20. The highest BCUT2D eigenvalue weighted by Crippen LogP contribution is 2.21. The minimum absolute atomic E-state index is 0.155. The van der Waals surface area contributed by atoms with Gasteiger partial charge in [-0.05, 0) is 32.4 Å². The number of pyridine rings is 1. The van der Waals surface area contributed by atoms with Crippen molar-refractivity contribution in [2.45, 2.75) is 33.7 Å². The fraction of sp³-hybridized carbons (Fsp3) is 0.500. The molecule has 5 heteroatoms. The summed E-state index contributed by atoms with van der Waals surface area (Å²) < 4.78 is 7.25. The van der Waals surface area contributed by atoms with Crippen molar-refractivity contribution in [3.8, 4) is 0 Å². The van der Waals surface area contributed by atoms with E-state index in [0.717, 1.165) is 11.9 Å². The molecule has 0 radical (unpaired) electrons. The Morgan fingerprint density at radius 3 is 2.95 bits per heavy atom. The van der Waals surface area contributed by atoms with Gasteiger partial charge in [0.15, 0.2) is 5.65 Å². The van der Waals surface area contributed by atoms with Crippen LogP contribution in [-0.4, -0.2) is 27.1 Å². The molecule has 0 fully saturated rings. The average Bonchev–Trinajstić information content (AvgIpc) is 2.82. The predicted octanol–water partition coefficient (Wildman–Crippen LogP) is 2.41. The van der Waals surface area contributed by atoms with Crippen LogP contribution in [-0.2, 0) is 16.1 Å². The van der Waals surface area contributed by atoms with E-state index in [1.54, 1.807) is 12.5 Å². The second-order valence-electron chi connectivity index (χ2n) is 5.16. The van der Waals surface area contributed by atoms with Gasteiger partial charge in [0.25, 0.3) is 0 Å². The van der Waals surface area contributed by atoms with Gasteiger partial charge >= 0.3 is 5.97 Å². The molecule has 0 unspecified atom stereocenters. The van der Waals surface area contributed by atoms with Gasteiger partial charge in [0.2, 0.25) is 0 Å². The van der Waals surface area contributed by atoms with Gasteiger partial charge in [0, 0.05) is 6.20 Å². The molecule has 2 heterocycles. The van der Waals surface area contributed by atoms with Crippen molar-refractivity contribution in [2.24, 2.45) is 5.41 Å². The zero-order valence-electron chi connectivity index (χ0n) is 11.6. The SMILES string of the molecule is CCC(C)(C)C(=O)OCCn1cnc2ncccc21. The van der Waals surface area contributed by atoms with E-state index in [1.807, 2.05) is 37.5 Å². The Hall–Kier alpha value is -1.91. The van der Waals surface area contributed by atoms with Gasteiger partial charge < -0.3 is 9.30 Å². The number of hydrogen-bond acceptors (Lipinski definition) is 4. The number of carbonyl (C=O) groups excluding carboxylic acids is 1. The maximum absolute atomic E-state index is 11.8. The van der Waals surface area contributed by atoms with Gasteiger partial charge in [0.05, 0.1) is 23.8 Å². The minimum atomic E-state index is -0.418. The third-order valence-corrected chi connectivity index (χ3v) is 3.40. The first-order chi connectivity index (χ1) is 9.04. The largest absolute Gasteiger partial charge is 0.463 e. The normalized spacial score (nSPS) is 11.7. The number of esters is 1.